The smallest absolute Gasteiger partial charge is 0.0871 e. The van der Waals surface area contributed by atoms with Gasteiger partial charge in [0.05, 0.1) is 11.9 Å². The lowest BCUT2D eigenvalue weighted by molar-refractivity contribution is -0.111. The van der Waals surface area contributed by atoms with Crippen molar-refractivity contribution in [3.8, 4) is 0 Å². The van der Waals surface area contributed by atoms with E-state index in [1.807, 2.05) is 18.2 Å². The van der Waals surface area contributed by atoms with Gasteiger partial charge in [0.15, 0.2) is 0 Å². The van der Waals surface area contributed by atoms with Crippen LogP contribution < -0.4 is 5.53 Å². The van der Waals surface area contributed by atoms with Crippen LogP contribution in [0.1, 0.15) is 12.0 Å². The van der Waals surface area contributed by atoms with Crippen molar-refractivity contribution in [3.05, 3.63) is 47.8 Å². The zero-order valence-corrected chi connectivity index (χ0v) is 8.17. The maximum absolute atomic E-state index is 9.35. The highest BCUT2D eigenvalue weighted by atomic mass is 16.5. The molecule has 0 radical (unpaired) electrons. The van der Waals surface area contributed by atoms with E-state index in [-0.39, 0.29) is 0 Å². The van der Waals surface area contributed by atoms with Gasteiger partial charge in [-0.2, -0.15) is 5.53 Å². The number of nitrogens with one attached hydrogen (secondary N) is 1. The highest BCUT2D eigenvalue weighted by Crippen LogP contribution is 2.12. The maximum Gasteiger partial charge on any atom is 0.0871 e. The van der Waals surface area contributed by atoms with E-state index in [2.05, 4.69) is 28.0 Å². The van der Waals surface area contributed by atoms with Crippen molar-refractivity contribution in [1.29, 1.82) is 0 Å². The molecule has 2 rings (SSSR count). The first-order valence-electron chi connectivity index (χ1n) is 4.74. The lowest BCUT2D eigenvalue weighted by atomic mass is 10.1. The molecule has 1 aromatic rings. The fourth-order valence-corrected chi connectivity index (χ4v) is 1.37. The number of aryl methyl sites for hydroxylation is 1. The van der Waals surface area contributed by atoms with E-state index in [1.54, 1.807) is 6.20 Å². The van der Waals surface area contributed by atoms with E-state index in [0.29, 0.717) is 12.1 Å². The molecule has 5 heteroatoms. The summed E-state index contributed by atoms with van der Waals surface area (Å²) >= 11 is 0. The molecule has 15 heavy (non-hydrogen) atoms. The van der Waals surface area contributed by atoms with Crippen molar-refractivity contribution in [3.63, 3.8) is 0 Å². The summed E-state index contributed by atoms with van der Waals surface area (Å²) in [6.45, 7) is 0. The fourth-order valence-electron chi connectivity index (χ4n) is 1.37. The molecule has 0 unspecified atom stereocenters. The molecule has 0 spiro atoms. The first-order valence-corrected chi connectivity index (χ1v) is 4.74. The topological polar surface area (TPSA) is 60.2 Å². The van der Waals surface area contributed by atoms with Crippen LogP contribution in [0.3, 0.4) is 0 Å². The van der Waals surface area contributed by atoms with Crippen molar-refractivity contribution >= 4 is 0 Å². The van der Waals surface area contributed by atoms with Crippen LogP contribution >= 0.6 is 0 Å². The Labute approximate surface area is 87.6 Å². The van der Waals surface area contributed by atoms with Gasteiger partial charge in [0.2, 0.25) is 0 Å². The monoisotopic (exact) mass is 204 g/mol. The van der Waals surface area contributed by atoms with Gasteiger partial charge in [-0.25, -0.2) is 0 Å². The zero-order chi connectivity index (χ0) is 10.5. The van der Waals surface area contributed by atoms with Crippen molar-refractivity contribution in [1.82, 2.24) is 10.7 Å². The van der Waals surface area contributed by atoms with Gasteiger partial charge < -0.3 is 0 Å². The fraction of sp³-hybridized carbons (Fsp3) is 0.200. The summed E-state index contributed by atoms with van der Waals surface area (Å²) in [6.07, 6.45) is 3.12. The second kappa shape index (κ2) is 4.56. The van der Waals surface area contributed by atoms with Gasteiger partial charge in [0.25, 0.3) is 0 Å². The summed E-state index contributed by atoms with van der Waals surface area (Å²) in [5.41, 5.74) is 4.28. The molecule has 0 saturated heterocycles. The summed E-state index contributed by atoms with van der Waals surface area (Å²) in [7, 11) is 0. The average molecular weight is 204 g/mol. The number of nitrogens with zero attached hydrogens (tertiary/aromatic N) is 3. The molecule has 1 aromatic carbocycles. The molecule has 1 aliphatic rings. The van der Waals surface area contributed by atoms with Crippen LogP contribution in [0, 0.1) is 0 Å². The Balaban J connectivity index is 1.93. The van der Waals surface area contributed by atoms with E-state index >= 15 is 0 Å². The molecule has 1 heterocycles. The Bertz CT molecular complexity index is 374. The van der Waals surface area contributed by atoms with Crippen LogP contribution in [0.4, 0.5) is 0 Å². The van der Waals surface area contributed by atoms with Crippen molar-refractivity contribution in [2.75, 3.05) is 0 Å². The third kappa shape index (κ3) is 2.54. The van der Waals surface area contributed by atoms with Gasteiger partial charge in [-0.1, -0.05) is 35.6 Å². The van der Waals surface area contributed by atoms with Gasteiger partial charge in [-0.05, 0) is 18.4 Å². The first-order chi connectivity index (χ1) is 7.36. The molecular weight excluding hydrogens is 192 g/mol. The average Bonchev–Trinajstić information content (AvgIpc) is 2.29. The quantitative estimate of drug-likeness (QED) is 0.792. The molecule has 5 nitrogen and oxygen atoms in total. The van der Waals surface area contributed by atoms with E-state index in [1.165, 1.54) is 5.56 Å². The largest absolute Gasteiger partial charge is 0.268 e. The third-order valence-corrected chi connectivity index (χ3v) is 2.19. The number of hydrazine groups is 1. The minimum Gasteiger partial charge on any atom is -0.268 e. The Morgan fingerprint density at radius 3 is 2.73 bits per heavy atom. The van der Waals surface area contributed by atoms with Gasteiger partial charge in [0.1, 0.15) is 0 Å². The summed E-state index contributed by atoms with van der Waals surface area (Å²) < 4.78 is 0. The normalized spacial score (nSPS) is 14.7. The first kappa shape index (κ1) is 9.67. The molecular formula is C10H12N4O. The SMILES string of the molecule is ON1NN=NC=C1CCc1ccccc1. The van der Waals surface area contributed by atoms with Gasteiger partial charge in [-0.15, -0.1) is 10.3 Å². The number of rotatable bonds is 3. The second-order valence-electron chi connectivity index (χ2n) is 3.23. The van der Waals surface area contributed by atoms with Crippen LogP contribution in [-0.2, 0) is 6.42 Å². The van der Waals surface area contributed by atoms with Crippen LogP contribution in [0.25, 0.3) is 0 Å². The molecule has 0 atom stereocenters. The van der Waals surface area contributed by atoms with Crippen LogP contribution in [0.15, 0.2) is 52.6 Å². The number of allylic oxidation sites excluding steroid dienone is 1. The van der Waals surface area contributed by atoms with E-state index < -0.39 is 0 Å². The van der Waals surface area contributed by atoms with Gasteiger partial charge in [0, 0.05) is 0 Å². The van der Waals surface area contributed by atoms with Gasteiger partial charge >= 0.3 is 0 Å². The van der Waals surface area contributed by atoms with Crippen LogP contribution in [0.5, 0.6) is 0 Å². The van der Waals surface area contributed by atoms with Crippen molar-refractivity contribution in [2.24, 2.45) is 10.3 Å². The lowest BCUT2D eigenvalue weighted by Gasteiger charge is -2.19. The molecule has 78 valence electrons. The molecule has 2 N–H and O–H groups in total. The Morgan fingerprint density at radius 2 is 2.00 bits per heavy atom. The van der Waals surface area contributed by atoms with Crippen molar-refractivity contribution in [2.45, 2.75) is 12.8 Å². The molecule has 0 aromatic heterocycles. The minimum absolute atomic E-state index is 0.703. The standard InChI is InChI=1S/C10H12N4O/c15-14-10(8-11-12-13-14)7-6-9-4-2-1-3-5-9/h1-5,8,15H,6-7H2,(H,11,13). The Morgan fingerprint density at radius 1 is 1.20 bits per heavy atom. The molecule has 0 saturated carbocycles. The van der Waals surface area contributed by atoms with E-state index in [0.717, 1.165) is 11.6 Å². The molecule has 0 amide bonds. The summed E-state index contributed by atoms with van der Waals surface area (Å²) in [5, 5.41) is 17.3. The highest BCUT2D eigenvalue weighted by molar-refractivity contribution is 5.16. The van der Waals surface area contributed by atoms with E-state index in [4.69, 9.17) is 0 Å². The number of hydrogen-bond donors (Lipinski definition) is 2. The zero-order valence-electron chi connectivity index (χ0n) is 8.17. The van der Waals surface area contributed by atoms with Crippen molar-refractivity contribution < 1.29 is 5.21 Å². The second-order valence-corrected chi connectivity index (χ2v) is 3.23. The lowest BCUT2D eigenvalue weighted by Crippen LogP contribution is -2.31. The summed E-state index contributed by atoms with van der Waals surface area (Å²) in [6, 6.07) is 10.1. The predicted octanol–water partition coefficient (Wildman–Crippen LogP) is 2.04. The minimum atomic E-state index is 0.703. The number of hydroxylamine groups is 1. The van der Waals surface area contributed by atoms with E-state index in [9.17, 15) is 5.21 Å². The van der Waals surface area contributed by atoms with Crippen LogP contribution in [-0.4, -0.2) is 10.4 Å². The predicted molar refractivity (Wildman–Crippen MR) is 54.5 cm³/mol. The summed E-state index contributed by atoms with van der Waals surface area (Å²) in [5.74, 6) is 0. The molecule has 0 aliphatic carbocycles. The molecule has 1 aliphatic heterocycles. The molecule has 0 bridgehead atoms. The molecule has 0 fully saturated rings. The Hall–Kier alpha value is -1.88. The van der Waals surface area contributed by atoms with Gasteiger partial charge in [-0.3, -0.25) is 5.21 Å². The van der Waals surface area contributed by atoms with Crippen LogP contribution in [0.2, 0.25) is 0 Å². The maximum atomic E-state index is 9.35. The Kier molecular flexibility index (Phi) is 2.94. The highest BCUT2D eigenvalue weighted by Gasteiger charge is 2.08. The number of benzene rings is 1. The summed E-state index contributed by atoms with van der Waals surface area (Å²) in [4.78, 5) is 0. The third-order valence-electron chi connectivity index (χ3n) is 2.19. The number of hydrogen-bond acceptors (Lipinski definition) is 5.